The summed E-state index contributed by atoms with van der Waals surface area (Å²) in [5, 5.41) is 7.16. The third kappa shape index (κ3) is 4.44. The van der Waals surface area contributed by atoms with Gasteiger partial charge in [-0.25, -0.2) is 13.4 Å². The molecule has 32 heavy (non-hydrogen) atoms. The van der Waals surface area contributed by atoms with Crippen LogP contribution in [0.15, 0.2) is 46.5 Å². The molecule has 1 aromatic carbocycles. The van der Waals surface area contributed by atoms with Crippen molar-refractivity contribution < 1.29 is 13.2 Å². The second-order valence-corrected chi connectivity index (χ2v) is 10.1. The lowest BCUT2D eigenvalue weighted by Crippen LogP contribution is -2.37. The molecule has 1 aliphatic rings. The summed E-state index contributed by atoms with van der Waals surface area (Å²) in [6, 6.07) is 6.17. The molecular weight excluding hydrogens is 432 g/mol. The molecule has 0 radical (unpaired) electrons. The van der Waals surface area contributed by atoms with Crippen molar-refractivity contribution in [3.63, 3.8) is 0 Å². The number of fused-ring (bicyclic) bond motifs is 1. The van der Waals surface area contributed by atoms with Crippen molar-refractivity contribution in [2.24, 2.45) is 13.0 Å². The number of piperidine rings is 1. The molecule has 0 aliphatic carbocycles. The number of hydrogen-bond acceptors (Lipinski definition) is 6. The van der Waals surface area contributed by atoms with Crippen LogP contribution in [0.5, 0.6) is 0 Å². The fourth-order valence-electron chi connectivity index (χ4n) is 3.76. The summed E-state index contributed by atoms with van der Waals surface area (Å²) in [7, 11) is -1.82. The van der Waals surface area contributed by atoms with Gasteiger partial charge in [-0.15, -0.1) is 0 Å². The SMILES string of the molecule is CC1CCN(S(=O)(=O)c2ccc(NC(=O)CCn3cnc4c(cnn4C)c3=O)cc2)CC1. The third-order valence-electron chi connectivity index (χ3n) is 5.82. The molecule has 0 atom stereocenters. The number of carbonyl (C=O) groups is 1. The summed E-state index contributed by atoms with van der Waals surface area (Å²) in [4.78, 5) is 29.2. The summed E-state index contributed by atoms with van der Waals surface area (Å²) >= 11 is 0. The van der Waals surface area contributed by atoms with Crippen LogP contribution in [0.25, 0.3) is 11.0 Å². The Morgan fingerprint density at radius 2 is 1.88 bits per heavy atom. The summed E-state index contributed by atoms with van der Waals surface area (Å²) in [6.45, 7) is 3.36. The van der Waals surface area contributed by atoms with E-state index in [4.69, 9.17) is 0 Å². The zero-order valence-electron chi connectivity index (χ0n) is 18.1. The highest BCUT2D eigenvalue weighted by Gasteiger charge is 2.27. The van der Waals surface area contributed by atoms with E-state index in [2.05, 4.69) is 22.3 Å². The Morgan fingerprint density at radius 3 is 2.56 bits per heavy atom. The van der Waals surface area contributed by atoms with Crippen molar-refractivity contribution in [2.45, 2.75) is 37.6 Å². The fraction of sp³-hybridized carbons (Fsp3) is 0.429. The van der Waals surface area contributed by atoms with Gasteiger partial charge in [-0.2, -0.15) is 9.40 Å². The molecule has 0 saturated carbocycles. The molecule has 0 spiro atoms. The zero-order chi connectivity index (χ0) is 22.9. The number of anilines is 1. The molecule has 3 aromatic rings. The molecule has 2 aromatic heterocycles. The minimum absolute atomic E-state index is 0.0688. The molecule has 1 amide bonds. The number of amides is 1. The van der Waals surface area contributed by atoms with Gasteiger partial charge in [0.15, 0.2) is 5.65 Å². The molecule has 1 N–H and O–H groups in total. The van der Waals surface area contributed by atoms with Crippen molar-refractivity contribution in [2.75, 3.05) is 18.4 Å². The Labute approximate surface area is 185 Å². The summed E-state index contributed by atoms with van der Waals surface area (Å²) in [5.41, 5.74) is 0.733. The maximum Gasteiger partial charge on any atom is 0.264 e. The Morgan fingerprint density at radius 1 is 1.19 bits per heavy atom. The molecule has 1 aliphatic heterocycles. The first-order chi connectivity index (χ1) is 15.3. The average molecular weight is 459 g/mol. The van der Waals surface area contributed by atoms with Gasteiger partial charge in [0.2, 0.25) is 15.9 Å². The topological polar surface area (TPSA) is 119 Å². The predicted molar refractivity (Wildman–Crippen MR) is 120 cm³/mol. The number of carbonyl (C=O) groups excluding carboxylic acids is 1. The van der Waals surface area contributed by atoms with Gasteiger partial charge in [0.05, 0.1) is 17.4 Å². The predicted octanol–water partition coefficient (Wildman–Crippen LogP) is 1.58. The van der Waals surface area contributed by atoms with Gasteiger partial charge in [0.25, 0.3) is 5.56 Å². The van der Waals surface area contributed by atoms with Gasteiger partial charge in [0, 0.05) is 38.8 Å². The van der Waals surface area contributed by atoms with Gasteiger partial charge in [-0.05, 0) is 43.0 Å². The lowest BCUT2D eigenvalue weighted by molar-refractivity contribution is -0.116. The second-order valence-electron chi connectivity index (χ2n) is 8.16. The van der Waals surface area contributed by atoms with Gasteiger partial charge in [0.1, 0.15) is 5.39 Å². The fourth-order valence-corrected chi connectivity index (χ4v) is 5.23. The largest absolute Gasteiger partial charge is 0.326 e. The van der Waals surface area contributed by atoms with E-state index in [1.54, 1.807) is 19.2 Å². The number of hydrogen-bond donors (Lipinski definition) is 1. The Balaban J connectivity index is 1.37. The van der Waals surface area contributed by atoms with Crippen LogP contribution in [0.3, 0.4) is 0 Å². The van der Waals surface area contributed by atoms with Gasteiger partial charge >= 0.3 is 0 Å². The van der Waals surface area contributed by atoms with Gasteiger partial charge < -0.3 is 5.32 Å². The molecule has 10 nitrogen and oxygen atoms in total. The number of rotatable bonds is 6. The van der Waals surface area contributed by atoms with Crippen LogP contribution in [0, 0.1) is 5.92 Å². The van der Waals surface area contributed by atoms with Crippen molar-refractivity contribution >= 4 is 32.7 Å². The number of nitrogens with one attached hydrogen (secondary N) is 1. The maximum atomic E-state index is 12.8. The number of sulfonamides is 1. The van der Waals surface area contributed by atoms with Crippen LogP contribution in [0.1, 0.15) is 26.2 Å². The molecular formula is C21H26N6O4S. The highest BCUT2D eigenvalue weighted by molar-refractivity contribution is 7.89. The van der Waals surface area contributed by atoms with Gasteiger partial charge in [-0.3, -0.25) is 18.8 Å². The number of aromatic nitrogens is 4. The molecule has 170 valence electrons. The van der Waals surface area contributed by atoms with E-state index in [1.807, 2.05) is 0 Å². The third-order valence-corrected chi connectivity index (χ3v) is 7.73. The van der Waals surface area contributed by atoms with Crippen molar-refractivity contribution in [3.8, 4) is 0 Å². The van der Waals surface area contributed by atoms with Crippen LogP contribution in [0.2, 0.25) is 0 Å². The van der Waals surface area contributed by atoms with Gasteiger partial charge in [-0.1, -0.05) is 6.92 Å². The van der Waals surface area contributed by atoms with E-state index in [9.17, 15) is 18.0 Å². The van der Waals surface area contributed by atoms with Crippen LogP contribution >= 0.6 is 0 Å². The highest BCUT2D eigenvalue weighted by Crippen LogP contribution is 2.24. The van der Waals surface area contributed by atoms with E-state index in [1.165, 1.54) is 38.2 Å². The summed E-state index contributed by atoms with van der Waals surface area (Å²) < 4.78 is 30.0. The number of nitrogens with zero attached hydrogens (tertiary/aromatic N) is 5. The Kier molecular flexibility index (Phi) is 6.11. The molecule has 3 heterocycles. The van der Waals surface area contributed by atoms with Crippen LogP contribution in [-0.2, 0) is 28.4 Å². The number of benzene rings is 1. The molecule has 4 rings (SSSR count). The normalized spacial score (nSPS) is 15.8. The van der Waals surface area contributed by atoms with E-state index in [-0.39, 0.29) is 29.3 Å². The summed E-state index contributed by atoms with van der Waals surface area (Å²) in [5.74, 6) is 0.251. The lowest BCUT2D eigenvalue weighted by Gasteiger charge is -2.29. The van der Waals surface area contributed by atoms with E-state index < -0.39 is 10.0 Å². The van der Waals surface area contributed by atoms with Crippen molar-refractivity contribution in [3.05, 3.63) is 47.1 Å². The van der Waals surface area contributed by atoms with Crippen LogP contribution in [-0.4, -0.2) is 51.1 Å². The second kappa shape index (κ2) is 8.83. The van der Waals surface area contributed by atoms with Crippen molar-refractivity contribution in [1.82, 2.24) is 23.6 Å². The first-order valence-corrected chi connectivity index (χ1v) is 12.0. The zero-order valence-corrected chi connectivity index (χ0v) is 18.9. The van der Waals surface area contributed by atoms with E-state index >= 15 is 0 Å². The van der Waals surface area contributed by atoms with Crippen LogP contribution < -0.4 is 10.9 Å². The summed E-state index contributed by atoms with van der Waals surface area (Å²) in [6.07, 6.45) is 4.65. The lowest BCUT2D eigenvalue weighted by atomic mass is 10.0. The average Bonchev–Trinajstić information content (AvgIpc) is 3.15. The highest BCUT2D eigenvalue weighted by atomic mass is 32.2. The number of aryl methyl sites for hydroxylation is 2. The maximum absolute atomic E-state index is 12.8. The Hall–Kier alpha value is -3.05. The first-order valence-electron chi connectivity index (χ1n) is 10.5. The van der Waals surface area contributed by atoms with Crippen LogP contribution in [0.4, 0.5) is 5.69 Å². The minimum Gasteiger partial charge on any atom is -0.326 e. The molecule has 1 saturated heterocycles. The minimum atomic E-state index is -3.53. The smallest absolute Gasteiger partial charge is 0.264 e. The molecule has 1 fully saturated rings. The monoisotopic (exact) mass is 458 g/mol. The molecule has 0 unspecified atom stereocenters. The standard InChI is InChI=1S/C21H26N6O4S/c1-15-7-11-27(12-8-15)32(30,31)17-5-3-16(4-6-17)24-19(28)9-10-26-14-22-20-18(21(26)29)13-23-25(20)2/h3-6,13-15H,7-12H2,1-2H3,(H,24,28). The van der Waals surface area contributed by atoms with E-state index in [0.717, 1.165) is 12.8 Å². The first kappa shape index (κ1) is 22.2. The van der Waals surface area contributed by atoms with Crippen molar-refractivity contribution in [1.29, 1.82) is 0 Å². The Bertz CT molecular complexity index is 1290. The molecule has 0 bridgehead atoms. The quantitative estimate of drug-likeness (QED) is 0.599. The van der Waals surface area contributed by atoms with E-state index in [0.29, 0.717) is 35.7 Å². The molecule has 11 heteroatoms.